The van der Waals surface area contributed by atoms with Gasteiger partial charge in [-0.25, -0.2) is 0 Å². The topological polar surface area (TPSA) is 65.4 Å². The second-order valence-electron chi connectivity index (χ2n) is 5.93. The van der Waals surface area contributed by atoms with Crippen molar-refractivity contribution in [2.75, 3.05) is 19.5 Å². The van der Waals surface area contributed by atoms with Gasteiger partial charge in [0.1, 0.15) is 0 Å². The van der Waals surface area contributed by atoms with Gasteiger partial charge in [-0.05, 0) is 30.7 Å². The predicted octanol–water partition coefficient (Wildman–Crippen LogP) is 3.67. The molecule has 3 rings (SSSR count). The standard InChI is InChI=1S/C20H21N3O3/c1-13-5-7-14(8-6-13)17-12-16(22-23(17)2)20(24)21-15-9-10-18(25-3)19(11-15)26-4/h5-12H,1-4H3,(H,21,24). The van der Waals surface area contributed by atoms with Gasteiger partial charge in [0.05, 0.1) is 19.9 Å². The molecule has 0 bridgehead atoms. The molecule has 0 radical (unpaired) electrons. The normalized spacial score (nSPS) is 10.5. The van der Waals surface area contributed by atoms with Crippen LogP contribution in [0.1, 0.15) is 16.1 Å². The number of nitrogens with zero attached hydrogens (tertiary/aromatic N) is 2. The Morgan fingerprint density at radius 3 is 2.35 bits per heavy atom. The van der Waals surface area contributed by atoms with Gasteiger partial charge in [0.15, 0.2) is 17.2 Å². The molecule has 0 saturated heterocycles. The van der Waals surface area contributed by atoms with Gasteiger partial charge in [-0.1, -0.05) is 29.8 Å². The van der Waals surface area contributed by atoms with Gasteiger partial charge in [-0.15, -0.1) is 0 Å². The Hall–Kier alpha value is -3.28. The van der Waals surface area contributed by atoms with Crippen molar-refractivity contribution in [1.82, 2.24) is 9.78 Å². The van der Waals surface area contributed by atoms with Crippen LogP contribution in [0, 0.1) is 6.92 Å². The maximum absolute atomic E-state index is 12.6. The number of carbonyl (C=O) groups excluding carboxylic acids is 1. The zero-order valence-corrected chi connectivity index (χ0v) is 15.2. The van der Waals surface area contributed by atoms with E-state index < -0.39 is 0 Å². The highest BCUT2D eigenvalue weighted by atomic mass is 16.5. The second-order valence-corrected chi connectivity index (χ2v) is 5.93. The molecule has 3 aromatic rings. The number of benzene rings is 2. The lowest BCUT2D eigenvalue weighted by Crippen LogP contribution is -2.13. The van der Waals surface area contributed by atoms with Crippen molar-refractivity contribution in [3.05, 3.63) is 59.8 Å². The smallest absolute Gasteiger partial charge is 0.276 e. The fraction of sp³-hybridized carbons (Fsp3) is 0.200. The number of amides is 1. The van der Waals surface area contributed by atoms with E-state index in [1.807, 2.05) is 38.2 Å². The number of anilines is 1. The number of hydrogen-bond acceptors (Lipinski definition) is 4. The van der Waals surface area contributed by atoms with Crippen LogP contribution in [0.2, 0.25) is 0 Å². The zero-order chi connectivity index (χ0) is 18.7. The Bertz CT molecular complexity index is 930. The van der Waals surface area contributed by atoms with E-state index in [1.54, 1.807) is 43.2 Å². The maximum Gasteiger partial charge on any atom is 0.276 e. The number of nitrogens with one attached hydrogen (secondary N) is 1. The number of carbonyl (C=O) groups is 1. The molecule has 0 unspecified atom stereocenters. The second kappa shape index (κ2) is 7.31. The van der Waals surface area contributed by atoms with Crippen LogP contribution in [0.25, 0.3) is 11.3 Å². The Morgan fingerprint density at radius 1 is 1.00 bits per heavy atom. The summed E-state index contributed by atoms with van der Waals surface area (Å²) < 4.78 is 12.2. The first kappa shape index (κ1) is 17.5. The third-order valence-electron chi connectivity index (χ3n) is 4.10. The molecule has 134 valence electrons. The summed E-state index contributed by atoms with van der Waals surface area (Å²) in [4.78, 5) is 12.6. The summed E-state index contributed by atoms with van der Waals surface area (Å²) >= 11 is 0. The summed E-state index contributed by atoms with van der Waals surface area (Å²) in [6, 6.07) is 15.1. The number of aromatic nitrogens is 2. The van der Waals surface area contributed by atoms with E-state index in [0.29, 0.717) is 22.9 Å². The highest BCUT2D eigenvalue weighted by molar-refractivity contribution is 6.03. The first-order chi connectivity index (χ1) is 12.5. The van der Waals surface area contributed by atoms with Crippen LogP contribution in [0.15, 0.2) is 48.5 Å². The number of rotatable bonds is 5. The summed E-state index contributed by atoms with van der Waals surface area (Å²) in [7, 11) is 4.94. The van der Waals surface area contributed by atoms with Crippen LogP contribution in [0.5, 0.6) is 11.5 Å². The molecule has 0 fully saturated rings. The lowest BCUT2D eigenvalue weighted by Gasteiger charge is -2.09. The summed E-state index contributed by atoms with van der Waals surface area (Å²) in [6.07, 6.45) is 0. The minimum atomic E-state index is -0.286. The molecule has 0 atom stereocenters. The van der Waals surface area contributed by atoms with Crippen LogP contribution in [-0.2, 0) is 7.05 Å². The molecular formula is C20H21N3O3. The highest BCUT2D eigenvalue weighted by Crippen LogP contribution is 2.30. The van der Waals surface area contributed by atoms with E-state index in [2.05, 4.69) is 10.4 Å². The van der Waals surface area contributed by atoms with Gasteiger partial charge in [-0.2, -0.15) is 5.10 Å². The van der Waals surface area contributed by atoms with Crippen molar-refractivity contribution >= 4 is 11.6 Å². The number of hydrogen-bond donors (Lipinski definition) is 1. The van der Waals surface area contributed by atoms with Crippen LogP contribution in [0.4, 0.5) is 5.69 Å². The lowest BCUT2D eigenvalue weighted by molar-refractivity contribution is 0.102. The third-order valence-corrected chi connectivity index (χ3v) is 4.10. The number of aryl methyl sites for hydroxylation is 2. The minimum absolute atomic E-state index is 0.286. The van der Waals surface area contributed by atoms with Crippen molar-refractivity contribution in [3.8, 4) is 22.8 Å². The van der Waals surface area contributed by atoms with Gasteiger partial charge in [0.25, 0.3) is 5.91 Å². The third kappa shape index (κ3) is 3.54. The number of ether oxygens (including phenoxy) is 2. The molecule has 6 nitrogen and oxygen atoms in total. The molecular weight excluding hydrogens is 330 g/mol. The zero-order valence-electron chi connectivity index (χ0n) is 15.2. The van der Waals surface area contributed by atoms with E-state index in [-0.39, 0.29) is 5.91 Å². The fourth-order valence-electron chi connectivity index (χ4n) is 2.68. The average molecular weight is 351 g/mol. The van der Waals surface area contributed by atoms with Gasteiger partial charge in [0, 0.05) is 18.8 Å². The fourth-order valence-corrected chi connectivity index (χ4v) is 2.68. The van der Waals surface area contributed by atoms with Gasteiger partial charge in [0.2, 0.25) is 0 Å². The molecule has 1 heterocycles. The molecule has 0 saturated carbocycles. The van der Waals surface area contributed by atoms with Crippen LogP contribution < -0.4 is 14.8 Å². The minimum Gasteiger partial charge on any atom is -0.493 e. The molecule has 26 heavy (non-hydrogen) atoms. The SMILES string of the molecule is COc1ccc(NC(=O)c2cc(-c3ccc(C)cc3)n(C)n2)cc1OC. The van der Waals surface area contributed by atoms with E-state index in [9.17, 15) is 4.79 Å². The molecule has 2 aromatic carbocycles. The van der Waals surface area contributed by atoms with Crippen LogP contribution in [-0.4, -0.2) is 29.9 Å². The summed E-state index contributed by atoms with van der Waals surface area (Å²) in [5, 5.41) is 7.17. The first-order valence-electron chi connectivity index (χ1n) is 8.16. The molecule has 0 aliphatic rings. The summed E-state index contributed by atoms with van der Waals surface area (Å²) in [5.41, 5.74) is 4.02. The van der Waals surface area contributed by atoms with E-state index in [4.69, 9.17) is 9.47 Å². The largest absolute Gasteiger partial charge is 0.493 e. The molecule has 1 N–H and O–H groups in total. The predicted molar refractivity (Wildman–Crippen MR) is 101 cm³/mol. The first-order valence-corrected chi connectivity index (χ1v) is 8.16. The monoisotopic (exact) mass is 351 g/mol. The van der Waals surface area contributed by atoms with E-state index in [0.717, 1.165) is 11.3 Å². The number of methoxy groups -OCH3 is 2. The Kier molecular flexibility index (Phi) is 4.93. The van der Waals surface area contributed by atoms with Crippen molar-refractivity contribution in [3.63, 3.8) is 0 Å². The van der Waals surface area contributed by atoms with Crippen molar-refractivity contribution < 1.29 is 14.3 Å². The maximum atomic E-state index is 12.6. The average Bonchev–Trinajstić information content (AvgIpc) is 3.04. The van der Waals surface area contributed by atoms with Gasteiger partial charge >= 0.3 is 0 Å². The Balaban J connectivity index is 1.83. The van der Waals surface area contributed by atoms with Crippen molar-refractivity contribution in [2.24, 2.45) is 7.05 Å². The molecule has 0 aliphatic carbocycles. The lowest BCUT2D eigenvalue weighted by atomic mass is 10.1. The van der Waals surface area contributed by atoms with Gasteiger partial charge < -0.3 is 14.8 Å². The van der Waals surface area contributed by atoms with E-state index in [1.165, 1.54) is 5.56 Å². The highest BCUT2D eigenvalue weighted by Gasteiger charge is 2.15. The van der Waals surface area contributed by atoms with Crippen LogP contribution in [0.3, 0.4) is 0 Å². The summed E-state index contributed by atoms with van der Waals surface area (Å²) in [5.74, 6) is 0.864. The van der Waals surface area contributed by atoms with Gasteiger partial charge in [-0.3, -0.25) is 9.48 Å². The van der Waals surface area contributed by atoms with E-state index >= 15 is 0 Å². The molecule has 0 spiro atoms. The molecule has 0 aliphatic heterocycles. The van der Waals surface area contributed by atoms with Crippen molar-refractivity contribution in [2.45, 2.75) is 6.92 Å². The van der Waals surface area contributed by atoms with Crippen LogP contribution >= 0.6 is 0 Å². The Morgan fingerprint density at radius 2 is 1.69 bits per heavy atom. The van der Waals surface area contributed by atoms with Crippen molar-refractivity contribution in [1.29, 1.82) is 0 Å². The summed E-state index contributed by atoms with van der Waals surface area (Å²) in [6.45, 7) is 2.04. The molecule has 6 heteroatoms. The molecule has 1 amide bonds. The Labute approximate surface area is 152 Å². The quantitative estimate of drug-likeness (QED) is 0.762. The molecule has 1 aromatic heterocycles.